The summed E-state index contributed by atoms with van der Waals surface area (Å²) in [5, 5.41) is 0. The number of hydrogen-bond acceptors (Lipinski definition) is 5. The van der Waals surface area contributed by atoms with E-state index in [0.29, 0.717) is 12.8 Å². The lowest BCUT2D eigenvalue weighted by Crippen LogP contribution is -2.48. The largest absolute Gasteiger partial charge is 0.465 e. The molecule has 1 heterocycles. The molecular weight excluding hydrogens is 390 g/mol. The number of benzene rings is 1. The van der Waals surface area contributed by atoms with Crippen molar-refractivity contribution >= 4 is 21.8 Å². The fourth-order valence-corrected chi connectivity index (χ4v) is 6.73. The van der Waals surface area contributed by atoms with Crippen molar-refractivity contribution in [3.63, 3.8) is 0 Å². The summed E-state index contributed by atoms with van der Waals surface area (Å²) in [7, 11) is -3.93. The SMILES string of the molecule is CCCCC(=O)[C@H]1C(C(=O)OCC)N(S(=O)(=O)c2ccc(C)cc2)[C@H]2CCC[C@@H]12. The summed E-state index contributed by atoms with van der Waals surface area (Å²) in [5.74, 6) is -1.35. The summed E-state index contributed by atoms with van der Waals surface area (Å²) in [6.07, 6.45) is 4.29. The Morgan fingerprint density at radius 3 is 2.45 bits per heavy atom. The van der Waals surface area contributed by atoms with E-state index in [4.69, 9.17) is 4.74 Å². The van der Waals surface area contributed by atoms with E-state index >= 15 is 0 Å². The zero-order valence-corrected chi connectivity index (χ0v) is 18.3. The first-order valence-corrected chi connectivity index (χ1v) is 12.1. The van der Waals surface area contributed by atoms with Gasteiger partial charge in [0.05, 0.1) is 11.5 Å². The third-order valence-electron chi connectivity index (χ3n) is 6.21. The van der Waals surface area contributed by atoms with Crippen LogP contribution in [0.4, 0.5) is 0 Å². The van der Waals surface area contributed by atoms with Crippen molar-refractivity contribution in [3.05, 3.63) is 29.8 Å². The van der Waals surface area contributed by atoms with Crippen LogP contribution >= 0.6 is 0 Å². The number of esters is 1. The van der Waals surface area contributed by atoms with E-state index in [2.05, 4.69) is 0 Å². The highest BCUT2D eigenvalue weighted by atomic mass is 32.2. The van der Waals surface area contributed by atoms with Crippen molar-refractivity contribution < 1.29 is 22.7 Å². The highest BCUT2D eigenvalue weighted by Crippen LogP contribution is 2.48. The number of fused-ring (bicyclic) bond motifs is 1. The van der Waals surface area contributed by atoms with Gasteiger partial charge in [-0.3, -0.25) is 9.59 Å². The molecule has 160 valence electrons. The number of Topliss-reactive ketones (excluding diaryl/α,β-unsaturated/α-hetero) is 1. The van der Waals surface area contributed by atoms with Gasteiger partial charge in [-0.25, -0.2) is 8.42 Å². The monoisotopic (exact) mass is 421 g/mol. The summed E-state index contributed by atoms with van der Waals surface area (Å²) in [5.41, 5.74) is 0.957. The first-order chi connectivity index (χ1) is 13.8. The number of aryl methyl sites for hydroxylation is 1. The zero-order chi connectivity index (χ0) is 21.2. The Bertz CT molecular complexity index is 848. The number of nitrogens with zero attached hydrogens (tertiary/aromatic N) is 1. The molecule has 1 aliphatic heterocycles. The van der Waals surface area contributed by atoms with Crippen molar-refractivity contribution in [2.75, 3.05) is 6.61 Å². The molecule has 1 aromatic rings. The van der Waals surface area contributed by atoms with E-state index in [0.717, 1.165) is 31.2 Å². The van der Waals surface area contributed by atoms with Crippen molar-refractivity contribution in [1.29, 1.82) is 0 Å². The second-order valence-electron chi connectivity index (χ2n) is 8.10. The zero-order valence-electron chi connectivity index (χ0n) is 17.5. The maximum absolute atomic E-state index is 13.6. The number of unbranched alkanes of at least 4 members (excludes halogenated alkanes) is 1. The minimum absolute atomic E-state index is 0.0107. The van der Waals surface area contributed by atoms with Crippen LogP contribution in [0, 0.1) is 18.8 Å². The van der Waals surface area contributed by atoms with Gasteiger partial charge < -0.3 is 4.74 Å². The third kappa shape index (κ3) is 4.12. The molecule has 1 saturated heterocycles. The molecule has 3 rings (SSSR count). The van der Waals surface area contributed by atoms with Gasteiger partial charge in [0.2, 0.25) is 10.0 Å². The van der Waals surface area contributed by atoms with Gasteiger partial charge in [-0.05, 0) is 51.2 Å². The maximum atomic E-state index is 13.6. The number of ether oxygens (including phenoxy) is 1. The fourth-order valence-electron chi connectivity index (χ4n) is 4.87. The summed E-state index contributed by atoms with van der Waals surface area (Å²) in [6.45, 7) is 5.75. The second-order valence-corrected chi connectivity index (χ2v) is 9.95. The number of hydrogen-bond donors (Lipinski definition) is 0. The van der Waals surface area contributed by atoms with E-state index < -0.39 is 28.0 Å². The predicted molar refractivity (Wildman–Crippen MR) is 110 cm³/mol. The molecule has 0 N–H and O–H groups in total. The van der Waals surface area contributed by atoms with Crippen molar-refractivity contribution in [2.24, 2.45) is 11.8 Å². The summed E-state index contributed by atoms with van der Waals surface area (Å²) in [6, 6.07) is 5.25. The molecule has 1 aliphatic carbocycles. The maximum Gasteiger partial charge on any atom is 0.325 e. The number of rotatable bonds is 8. The van der Waals surface area contributed by atoms with Gasteiger partial charge in [-0.2, -0.15) is 4.31 Å². The van der Waals surface area contributed by atoms with Crippen LogP contribution in [0.2, 0.25) is 0 Å². The average molecular weight is 422 g/mol. The minimum atomic E-state index is -3.93. The molecule has 0 radical (unpaired) electrons. The predicted octanol–water partition coefficient (Wildman–Crippen LogP) is 3.48. The highest BCUT2D eigenvalue weighted by molar-refractivity contribution is 7.89. The molecule has 2 fully saturated rings. The van der Waals surface area contributed by atoms with Crippen LogP contribution in [0.15, 0.2) is 29.2 Å². The van der Waals surface area contributed by atoms with E-state index in [1.165, 1.54) is 4.31 Å². The van der Waals surface area contributed by atoms with Gasteiger partial charge >= 0.3 is 5.97 Å². The third-order valence-corrected chi connectivity index (χ3v) is 8.13. The molecule has 0 bridgehead atoms. The Morgan fingerprint density at radius 2 is 1.83 bits per heavy atom. The number of ketones is 1. The molecule has 0 aromatic heterocycles. The van der Waals surface area contributed by atoms with E-state index in [9.17, 15) is 18.0 Å². The van der Waals surface area contributed by atoms with Gasteiger partial charge in [-0.1, -0.05) is 37.5 Å². The Kier molecular flexibility index (Phi) is 6.79. The molecule has 1 aromatic carbocycles. The van der Waals surface area contributed by atoms with E-state index in [1.807, 2.05) is 13.8 Å². The lowest BCUT2D eigenvalue weighted by molar-refractivity contribution is -0.150. The van der Waals surface area contributed by atoms with Crippen molar-refractivity contribution in [3.8, 4) is 0 Å². The van der Waals surface area contributed by atoms with Gasteiger partial charge in [0.15, 0.2) is 0 Å². The number of sulfonamides is 1. The molecule has 1 unspecified atom stereocenters. The smallest absolute Gasteiger partial charge is 0.325 e. The summed E-state index contributed by atoms with van der Waals surface area (Å²) >= 11 is 0. The van der Waals surface area contributed by atoms with Crippen molar-refractivity contribution in [1.82, 2.24) is 4.31 Å². The van der Waals surface area contributed by atoms with Crippen LogP contribution < -0.4 is 0 Å². The molecular formula is C22H31NO5S. The van der Waals surface area contributed by atoms with E-state index in [1.54, 1.807) is 31.2 Å². The van der Waals surface area contributed by atoms with Gasteiger partial charge in [-0.15, -0.1) is 0 Å². The quantitative estimate of drug-likeness (QED) is 0.601. The van der Waals surface area contributed by atoms with Crippen LogP contribution in [0.25, 0.3) is 0 Å². The lowest BCUT2D eigenvalue weighted by atomic mass is 9.83. The molecule has 2 aliphatic rings. The van der Waals surface area contributed by atoms with Gasteiger partial charge in [0, 0.05) is 18.4 Å². The first-order valence-electron chi connectivity index (χ1n) is 10.6. The number of carbonyl (C=O) groups is 2. The highest BCUT2D eigenvalue weighted by Gasteiger charge is 2.60. The number of carbonyl (C=O) groups excluding carboxylic acids is 2. The Morgan fingerprint density at radius 1 is 1.14 bits per heavy atom. The van der Waals surface area contributed by atoms with E-state index in [-0.39, 0.29) is 29.2 Å². The van der Waals surface area contributed by atoms with Crippen LogP contribution in [-0.4, -0.2) is 43.2 Å². The standard InChI is InChI=1S/C22H31NO5S/c1-4-6-10-19(24)20-17-8-7-9-18(17)23(21(20)22(25)28-5-2)29(26,27)16-13-11-15(3)12-14-16/h11-14,17-18,20-21H,4-10H2,1-3H3/t17-,18+,20+,21?/m1/s1. The summed E-state index contributed by atoms with van der Waals surface area (Å²) in [4.78, 5) is 26.2. The Labute approximate surface area is 173 Å². The van der Waals surface area contributed by atoms with Gasteiger partial charge in [0.25, 0.3) is 0 Å². The minimum Gasteiger partial charge on any atom is -0.465 e. The topological polar surface area (TPSA) is 80.8 Å². The van der Waals surface area contributed by atoms with Crippen LogP contribution in [0.1, 0.15) is 57.9 Å². The van der Waals surface area contributed by atoms with Crippen LogP contribution in [0.3, 0.4) is 0 Å². The summed E-state index contributed by atoms with van der Waals surface area (Å²) < 4.78 is 33.8. The molecule has 6 nitrogen and oxygen atoms in total. The molecule has 0 amide bonds. The normalized spacial score (nSPS) is 27.0. The van der Waals surface area contributed by atoms with Crippen molar-refractivity contribution in [2.45, 2.75) is 76.3 Å². The Balaban J connectivity index is 2.06. The molecule has 4 atom stereocenters. The molecule has 0 spiro atoms. The van der Waals surface area contributed by atoms with Gasteiger partial charge in [0.1, 0.15) is 11.8 Å². The first kappa shape index (κ1) is 22.0. The molecule has 1 saturated carbocycles. The molecule has 29 heavy (non-hydrogen) atoms. The molecule has 7 heteroatoms. The second kappa shape index (κ2) is 8.96. The fraction of sp³-hybridized carbons (Fsp3) is 0.636. The van der Waals surface area contributed by atoms with Crippen LogP contribution in [0.5, 0.6) is 0 Å². The van der Waals surface area contributed by atoms with Crippen LogP contribution in [-0.2, 0) is 24.3 Å². The lowest BCUT2D eigenvalue weighted by Gasteiger charge is -2.28. The Hall–Kier alpha value is -1.73. The average Bonchev–Trinajstić information content (AvgIpc) is 3.26.